The zero-order valence-electron chi connectivity index (χ0n) is 21.3. The lowest BCUT2D eigenvalue weighted by atomic mass is 10.0. The Kier molecular flexibility index (Phi) is 7.64. The van der Waals surface area contributed by atoms with Crippen LogP contribution < -0.4 is 5.32 Å². The number of piperidine rings is 1. The Morgan fingerprint density at radius 1 is 0.897 bits per heavy atom. The molecule has 39 heavy (non-hydrogen) atoms. The van der Waals surface area contributed by atoms with Gasteiger partial charge < -0.3 is 5.32 Å². The number of likely N-dealkylation sites (tertiary alicyclic amines) is 1. The minimum atomic E-state index is 0.351. The molecule has 1 aliphatic rings. The molecule has 0 atom stereocenters. The van der Waals surface area contributed by atoms with Gasteiger partial charge in [-0.15, -0.1) is 0 Å². The fourth-order valence-electron chi connectivity index (χ4n) is 4.91. The molecule has 6 rings (SSSR count). The number of aromatic nitrogens is 3. The monoisotopic (exact) mass is 595 g/mol. The van der Waals surface area contributed by atoms with E-state index < -0.39 is 0 Å². The highest BCUT2D eigenvalue weighted by atomic mass is 79.9. The first-order valence-corrected chi connectivity index (χ1v) is 14.2. The maximum Gasteiger partial charge on any atom is 0.172 e. The van der Waals surface area contributed by atoms with E-state index in [0.29, 0.717) is 11.1 Å². The van der Waals surface area contributed by atoms with Crippen LogP contribution in [0.2, 0.25) is 5.02 Å². The van der Waals surface area contributed by atoms with Crippen molar-refractivity contribution in [2.45, 2.75) is 25.4 Å². The van der Waals surface area contributed by atoms with Crippen molar-refractivity contribution < 1.29 is 0 Å². The van der Waals surface area contributed by atoms with Gasteiger partial charge in [0.2, 0.25) is 0 Å². The summed E-state index contributed by atoms with van der Waals surface area (Å²) in [7, 11) is 0. The van der Waals surface area contributed by atoms with Gasteiger partial charge in [0.15, 0.2) is 5.65 Å². The Morgan fingerprint density at radius 3 is 2.33 bits per heavy atom. The summed E-state index contributed by atoms with van der Waals surface area (Å²) in [5.74, 6) is 7.41. The third-order valence-corrected chi connectivity index (χ3v) is 7.89. The van der Waals surface area contributed by atoms with Gasteiger partial charge in [0.1, 0.15) is 5.82 Å². The van der Waals surface area contributed by atoms with E-state index >= 15 is 0 Å². The third kappa shape index (κ3) is 6.02. The van der Waals surface area contributed by atoms with E-state index in [9.17, 15) is 0 Å². The van der Waals surface area contributed by atoms with E-state index in [4.69, 9.17) is 16.6 Å². The molecule has 1 saturated heterocycles. The van der Waals surface area contributed by atoms with Gasteiger partial charge in [0, 0.05) is 53.5 Å². The van der Waals surface area contributed by atoms with Crippen LogP contribution in [0.3, 0.4) is 0 Å². The second kappa shape index (κ2) is 11.6. The summed E-state index contributed by atoms with van der Waals surface area (Å²) < 4.78 is 2.71. The maximum atomic E-state index is 6.49. The van der Waals surface area contributed by atoms with Crippen molar-refractivity contribution in [1.82, 2.24) is 19.5 Å². The van der Waals surface area contributed by atoms with E-state index in [1.165, 1.54) is 5.56 Å². The van der Waals surface area contributed by atoms with Gasteiger partial charge in [-0.1, -0.05) is 72.0 Å². The van der Waals surface area contributed by atoms with E-state index in [1.54, 1.807) is 6.20 Å². The molecule has 2 aromatic heterocycles. The molecular formula is C32H27BrClN5. The number of halogens is 2. The van der Waals surface area contributed by atoms with E-state index in [2.05, 4.69) is 67.4 Å². The predicted molar refractivity (Wildman–Crippen MR) is 162 cm³/mol. The lowest BCUT2D eigenvalue weighted by Gasteiger charge is -2.33. The van der Waals surface area contributed by atoms with E-state index in [1.807, 2.05) is 65.2 Å². The molecular weight excluding hydrogens is 570 g/mol. The lowest BCUT2D eigenvalue weighted by molar-refractivity contribution is 0.211. The molecule has 3 aromatic carbocycles. The van der Waals surface area contributed by atoms with Crippen LogP contribution >= 0.6 is 27.5 Å². The Labute approximate surface area is 242 Å². The SMILES string of the molecule is Clc1ccccc1-c1cc(NC2CCN(Cc3ccc(C#Cc4ccccc4)cc3)CC2)n2ncc(Br)c2n1. The second-order valence-corrected chi connectivity index (χ2v) is 11.0. The molecule has 1 aliphatic heterocycles. The Balaban J connectivity index is 1.10. The van der Waals surface area contributed by atoms with Gasteiger partial charge in [-0.3, -0.25) is 4.90 Å². The van der Waals surface area contributed by atoms with Crippen molar-refractivity contribution in [3.8, 4) is 23.1 Å². The summed E-state index contributed by atoms with van der Waals surface area (Å²) in [6.45, 7) is 3.00. The normalized spacial score (nSPS) is 14.2. The second-order valence-electron chi connectivity index (χ2n) is 9.74. The Hall–Kier alpha value is -3.63. The highest BCUT2D eigenvalue weighted by Gasteiger charge is 2.21. The molecule has 194 valence electrons. The van der Waals surface area contributed by atoms with Crippen LogP contribution in [0.4, 0.5) is 5.82 Å². The van der Waals surface area contributed by atoms with Crippen molar-refractivity contribution in [2.75, 3.05) is 18.4 Å². The number of hydrogen-bond donors (Lipinski definition) is 1. The van der Waals surface area contributed by atoms with E-state index in [-0.39, 0.29) is 0 Å². The van der Waals surface area contributed by atoms with Gasteiger partial charge in [-0.05, 0) is 64.7 Å². The zero-order valence-corrected chi connectivity index (χ0v) is 23.7. The predicted octanol–water partition coefficient (Wildman–Crippen LogP) is 7.29. The summed E-state index contributed by atoms with van der Waals surface area (Å²) in [4.78, 5) is 7.34. The van der Waals surface area contributed by atoms with Gasteiger partial charge in [-0.25, -0.2) is 4.98 Å². The summed E-state index contributed by atoms with van der Waals surface area (Å²) >= 11 is 10.1. The third-order valence-electron chi connectivity index (χ3n) is 7.00. The molecule has 0 aliphatic carbocycles. The van der Waals surface area contributed by atoms with Gasteiger partial charge >= 0.3 is 0 Å². The zero-order chi connectivity index (χ0) is 26.6. The first-order valence-electron chi connectivity index (χ1n) is 13.1. The molecule has 1 fully saturated rings. The molecule has 0 saturated carbocycles. The van der Waals surface area contributed by atoms with Crippen LogP contribution in [0.1, 0.15) is 29.5 Å². The van der Waals surface area contributed by atoms with Crippen LogP contribution in [-0.4, -0.2) is 38.6 Å². The molecule has 0 bridgehead atoms. The Bertz CT molecular complexity index is 1650. The standard InChI is InChI=1S/C32H27BrClN5/c33-28-21-35-39-31(20-30(37-32(28)39)27-8-4-5-9-29(27)34)36-26-16-18-38(19-17-26)22-25-14-12-24(13-15-25)11-10-23-6-2-1-3-7-23/h1-9,12-15,20-21,26,36H,16-19,22H2. The molecule has 0 spiro atoms. The number of nitrogens with one attached hydrogen (secondary N) is 1. The minimum Gasteiger partial charge on any atom is -0.367 e. The van der Waals surface area contributed by atoms with Crippen LogP contribution in [-0.2, 0) is 6.54 Å². The van der Waals surface area contributed by atoms with Crippen LogP contribution in [0.15, 0.2) is 95.6 Å². The number of benzene rings is 3. The summed E-state index contributed by atoms with van der Waals surface area (Å²) in [6.07, 6.45) is 3.88. The van der Waals surface area contributed by atoms with Crippen molar-refractivity contribution in [3.63, 3.8) is 0 Å². The number of fused-ring (bicyclic) bond motifs is 1. The fourth-order valence-corrected chi connectivity index (χ4v) is 5.49. The number of anilines is 1. The summed E-state index contributed by atoms with van der Waals surface area (Å²) in [6, 6.07) is 28.9. The minimum absolute atomic E-state index is 0.351. The van der Waals surface area contributed by atoms with Crippen molar-refractivity contribution in [3.05, 3.63) is 117 Å². The fraction of sp³-hybridized carbons (Fsp3) is 0.188. The first-order chi connectivity index (χ1) is 19.1. The molecule has 5 nitrogen and oxygen atoms in total. The number of hydrogen-bond acceptors (Lipinski definition) is 4. The molecule has 5 aromatic rings. The highest BCUT2D eigenvalue weighted by Crippen LogP contribution is 2.31. The molecule has 0 amide bonds. The summed E-state index contributed by atoms with van der Waals surface area (Å²) in [5.41, 5.74) is 5.88. The topological polar surface area (TPSA) is 45.5 Å². The summed E-state index contributed by atoms with van der Waals surface area (Å²) in [5, 5.41) is 8.96. The average Bonchev–Trinajstić information content (AvgIpc) is 3.35. The lowest BCUT2D eigenvalue weighted by Crippen LogP contribution is -2.39. The number of rotatable bonds is 5. The smallest absolute Gasteiger partial charge is 0.172 e. The maximum absolute atomic E-state index is 6.49. The largest absolute Gasteiger partial charge is 0.367 e. The molecule has 3 heterocycles. The molecule has 0 radical (unpaired) electrons. The van der Waals surface area contributed by atoms with Crippen LogP contribution in [0.5, 0.6) is 0 Å². The molecule has 7 heteroatoms. The first kappa shape index (κ1) is 25.6. The quantitative estimate of drug-likeness (QED) is 0.217. The Morgan fingerprint density at radius 2 is 1.59 bits per heavy atom. The highest BCUT2D eigenvalue weighted by molar-refractivity contribution is 9.10. The van der Waals surface area contributed by atoms with E-state index in [0.717, 1.165) is 70.8 Å². The average molecular weight is 597 g/mol. The van der Waals surface area contributed by atoms with Gasteiger partial charge in [0.25, 0.3) is 0 Å². The van der Waals surface area contributed by atoms with Gasteiger partial charge in [0.05, 0.1) is 16.4 Å². The van der Waals surface area contributed by atoms with Crippen molar-refractivity contribution >= 4 is 39.0 Å². The van der Waals surface area contributed by atoms with Crippen LogP contribution in [0, 0.1) is 11.8 Å². The van der Waals surface area contributed by atoms with Crippen molar-refractivity contribution in [2.24, 2.45) is 0 Å². The molecule has 1 N–H and O–H groups in total. The van der Waals surface area contributed by atoms with Crippen molar-refractivity contribution in [1.29, 1.82) is 0 Å². The number of nitrogens with zero attached hydrogens (tertiary/aromatic N) is 4. The molecule has 0 unspecified atom stereocenters. The van der Waals surface area contributed by atoms with Gasteiger partial charge in [-0.2, -0.15) is 9.61 Å². The van der Waals surface area contributed by atoms with Crippen LogP contribution in [0.25, 0.3) is 16.9 Å².